The van der Waals surface area contributed by atoms with Gasteiger partial charge in [0.05, 0.1) is 18.2 Å². The van der Waals surface area contributed by atoms with Crippen LogP contribution in [0.3, 0.4) is 0 Å². The summed E-state index contributed by atoms with van der Waals surface area (Å²) in [6, 6.07) is 25.4. The van der Waals surface area contributed by atoms with Crippen molar-refractivity contribution in [1.82, 2.24) is 14.9 Å². The van der Waals surface area contributed by atoms with Gasteiger partial charge < -0.3 is 15.2 Å². The number of alkyl halides is 1. The monoisotopic (exact) mass is 482 g/mol. The highest BCUT2D eigenvalue weighted by Crippen LogP contribution is 2.40. The molecule has 182 valence electrons. The molecule has 0 radical (unpaired) electrons. The van der Waals surface area contributed by atoms with E-state index >= 15 is 0 Å². The van der Waals surface area contributed by atoms with Crippen LogP contribution in [0.5, 0.6) is 0 Å². The predicted molar refractivity (Wildman–Crippen MR) is 137 cm³/mol. The zero-order chi connectivity index (χ0) is 25.1. The SMILES string of the molecule is Cn1cncc1-c1ccc(NC(=O)C(NC(=O)C2(F)CC2)C(c2ccccc2)c2ccccc2)cc1. The Morgan fingerprint density at radius 1 is 0.917 bits per heavy atom. The maximum absolute atomic E-state index is 14.7. The number of nitrogens with one attached hydrogen (secondary N) is 2. The van der Waals surface area contributed by atoms with Gasteiger partial charge in [-0.3, -0.25) is 9.59 Å². The second kappa shape index (κ2) is 9.77. The Bertz CT molecular complexity index is 1310. The Morgan fingerprint density at radius 3 is 2.00 bits per heavy atom. The summed E-state index contributed by atoms with van der Waals surface area (Å²) in [6.07, 6.45) is 3.84. The molecule has 6 nitrogen and oxygen atoms in total. The third kappa shape index (κ3) is 4.91. The summed E-state index contributed by atoms with van der Waals surface area (Å²) in [6.45, 7) is 0. The summed E-state index contributed by atoms with van der Waals surface area (Å²) in [5, 5.41) is 5.67. The molecule has 1 fully saturated rings. The quantitative estimate of drug-likeness (QED) is 0.377. The molecule has 2 amide bonds. The van der Waals surface area contributed by atoms with Gasteiger partial charge in [-0.15, -0.1) is 0 Å². The van der Waals surface area contributed by atoms with Gasteiger partial charge in [-0.25, -0.2) is 9.37 Å². The molecule has 5 rings (SSSR count). The average molecular weight is 483 g/mol. The van der Waals surface area contributed by atoms with Crippen molar-refractivity contribution in [1.29, 1.82) is 0 Å². The van der Waals surface area contributed by atoms with Crippen molar-refractivity contribution in [2.45, 2.75) is 30.5 Å². The van der Waals surface area contributed by atoms with Gasteiger partial charge in [0.15, 0.2) is 5.67 Å². The Morgan fingerprint density at radius 2 is 1.50 bits per heavy atom. The van der Waals surface area contributed by atoms with Gasteiger partial charge in [0.1, 0.15) is 6.04 Å². The molecule has 7 heteroatoms. The number of hydrogen-bond donors (Lipinski definition) is 2. The topological polar surface area (TPSA) is 76.0 Å². The molecule has 36 heavy (non-hydrogen) atoms. The minimum atomic E-state index is -1.90. The third-order valence-corrected chi connectivity index (χ3v) is 6.58. The number of halogens is 1. The van der Waals surface area contributed by atoms with Crippen LogP contribution in [0, 0.1) is 0 Å². The Labute approximate surface area is 209 Å². The molecule has 1 heterocycles. The minimum Gasteiger partial charge on any atom is -0.341 e. The van der Waals surface area contributed by atoms with Gasteiger partial charge in [0.2, 0.25) is 5.91 Å². The third-order valence-electron chi connectivity index (χ3n) is 6.58. The Balaban J connectivity index is 1.46. The Kier molecular flexibility index (Phi) is 6.38. The van der Waals surface area contributed by atoms with Gasteiger partial charge in [0.25, 0.3) is 5.91 Å². The summed E-state index contributed by atoms with van der Waals surface area (Å²) < 4.78 is 16.6. The van der Waals surface area contributed by atoms with Crippen LogP contribution >= 0.6 is 0 Å². The molecule has 1 saturated carbocycles. The number of aryl methyl sites for hydroxylation is 1. The van der Waals surface area contributed by atoms with Gasteiger partial charge in [0, 0.05) is 18.7 Å². The number of rotatable bonds is 8. The number of carbonyl (C=O) groups excluding carboxylic acids is 2. The van der Waals surface area contributed by atoms with Crippen LogP contribution in [0.25, 0.3) is 11.3 Å². The van der Waals surface area contributed by atoms with E-state index in [0.717, 1.165) is 22.4 Å². The highest BCUT2D eigenvalue weighted by molar-refractivity contribution is 6.00. The highest BCUT2D eigenvalue weighted by atomic mass is 19.1. The second-order valence-electron chi connectivity index (χ2n) is 9.17. The van der Waals surface area contributed by atoms with Crippen molar-refractivity contribution in [3.05, 3.63) is 109 Å². The van der Waals surface area contributed by atoms with Gasteiger partial charge in [-0.05, 0) is 41.7 Å². The number of aromatic nitrogens is 2. The first-order chi connectivity index (χ1) is 17.4. The van der Waals surface area contributed by atoms with E-state index in [0.29, 0.717) is 5.69 Å². The largest absolute Gasteiger partial charge is 0.341 e. The lowest BCUT2D eigenvalue weighted by molar-refractivity contribution is -0.131. The fraction of sp³-hybridized carbons (Fsp3) is 0.207. The van der Waals surface area contributed by atoms with Crippen LogP contribution in [0.1, 0.15) is 29.9 Å². The van der Waals surface area contributed by atoms with E-state index in [9.17, 15) is 14.0 Å². The number of anilines is 1. The van der Waals surface area contributed by atoms with Crippen LogP contribution in [0.2, 0.25) is 0 Å². The normalized spacial score (nSPS) is 14.8. The molecule has 3 aromatic carbocycles. The average Bonchev–Trinajstić information content (AvgIpc) is 3.52. The fourth-order valence-corrected chi connectivity index (χ4v) is 4.39. The van der Waals surface area contributed by atoms with E-state index in [-0.39, 0.29) is 12.8 Å². The minimum absolute atomic E-state index is 0.171. The first kappa shape index (κ1) is 23.5. The van der Waals surface area contributed by atoms with Crippen molar-refractivity contribution < 1.29 is 14.0 Å². The molecule has 1 aliphatic rings. The highest BCUT2D eigenvalue weighted by Gasteiger charge is 2.52. The van der Waals surface area contributed by atoms with Crippen LogP contribution in [-0.2, 0) is 16.6 Å². The number of hydrogen-bond acceptors (Lipinski definition) is 3. The maximum atomic E-state index is 14.7. The lowest BCUT2D eigenvalue weighted by atomic mass is 9.84. The van der Waals surface area contributed by atoms with Crippen LogP contribution < -0.4 is 10.6 Å². The molecule has 0 bridgehead atoms. The zero-order valence-electron chi connectivity index (χ0n) is 19.9. The standard InChI is InChI=1S/C29H27FN4O2/c1-34-19-31-18-24(34)20-12-14-23(15-13-20)32-27(35)26(33-28(36)29(30)16-17-29)25(21-8-4-2-5-9-21)22-10-6-3-7-11-22/h2-15,18-19,25-26H,16-17H2,1H3,(H,32,35)(H,33,36). The van der Waals surface area contributed by atoms with Crippen molar-refractivity contribution in [3.63, 3.8) is 0 Å². The first-order valence-corrected chi connectivity index (χ1v) is 11.9. The number of imidazole rings is 1. The molecular weight excluding hydrogens is 455 g/mol. The molecule has 0 spiro atoms. The van der Waals surface area contributed by atoms with Gasteiger partial charge >= 0.3 is 0 Å². The van der Waals surface area contributed by atoms with E-state index in [1.54, 1.807) is 24.7 Å². The predicted octanol–water partition coefficient (Wildman–Crippen LogP) is 4.84. The Hall–Kier alpha value is -4.26. The summed E-state index contributed by atoms with van der Waals surface area (Å²) in [7, 11) is 1.91. The molecule has 1 aliphatic carbocycles. The fourth-order valence-electron chi connectivity index (χ4n) is 4.39. The van der Waals surface area contributed by atoms with E-state index in [2.05, 4.69) is 15.6 Å². The second-order valence-corrected chi connectivity index (χ2v) is 9.17. The molecule has 0 aliphatic heterocycles. The van der Waals surface area contributed by atoms with E-state index in [1.807, 2.05) is 84.4 Å². The molecule has 4 aromatic rings. The molecule has 1 atom stereocenters. The van der Waals surface area contributed by atoms with Gasteiger partial charge in [-0.1, -0.05) is 72.8 Å². The summed E-state index contributed by atoms with van der Waals surface area (Å²) in [4.78, 5) is 30.6. The number of benzene rings is 3. The lowest BCUT2D eigenvalue weighted by Crippen LogP contribution is -2.50. The molecule has 0 saturated heterocycles. The molecule has 2 N–H and O–H groups in total. The van der Waals surface area contributed by atoms with Crippen molar-refractivity contribution in [3.8, 4) is 11.3 Å². The van der Waals surface area contributed by atoms with Crippen LogP contribution in [0.15, 0.2) is 97.5 Å². The summed E-state index contributed by atoms with van der Waals surface area (Å²) in [5.74, 6) is -1.67. The van der Waals surface area contributed by atoms with Crippen LogP contribution in [-0.4, -0.2) is 33.1 Å². The maximum Gasteiger partial charge on any atom is 0.258 e. The van der Waals surface area contributed by atoms with E-state index in [1.165, 1.54) is 0 Å². The van der Waals surface area contributed by atoms with Crippen molar-refractivity contribution >= 4 is 17.5 Å². The number of amides is 2. The van der Waals surface area contributed by atoms with Gasteiger partial charge in [-0.2, -0.15) is 0 Å². The number of nitrogens with zero attached hydrogens (tertiary/aromatic N) is 2. The number of carbonyl (C=O) groups is 2. The lowest BCUT2D eigenvalue weighted by Gasteiger charge is -2.29. The molecule has 1 aromatic heterocycles. The summed E-state index contributed by atoms with van der Waals surface area (Å²) in [5.41, 5.74) is 2.27. The van der Waals surface area contributed by atoms with Crippen molar-refractivity contribution in [2.24, 2.45) is 7.05 Å². The van der Waals surface area contributed by atoms with Crippen molar-refractivity contribution in [2.75, 3.05) is 5.32 Å². The van der Waals surface area contributed by atoms with E-state index < -0.39 is 29.4 Å². The molecule has 1 unspecified atom stereocenters. The summed E-state index contributed by atoms with van der Waals surface area (Å²) >= 11 is 0. The first-order valence-electron chi connectivity index (χ1n) is 11.9. The zero-order valence-corrected chi connectivity index (χ0v) is 19.9. The van der Waals surface area contributed by atoms with Crippen LogP contribution in [0.4, 0.5) is 10.1 Å². The smallest absolute Gasteiger partial charge is 0.258 e. The van der Waals surface area contributed by atoms with E-state index in [4.69, 9.17) is 0 Å². The molecular formula is C29H27FN4O2.